The Balaban J connectivity index is 0.00000576. The van der Waals surface area contributed by atoms with Crippen molar-refractivity contribution in [3.63, 3.8) is 0 Å². The van der Waals surface area contributed by atoms with Crippen molar-refractivity contribution >= 4 is 39.8 Å². The molecule has 0 spiro atoms. The molecule has 1 aliphatic rings. The van der Waals surface area contributed by atoms with E-state index in [4.69, 9.17) is 4.74 Å². The van der Waals surface area contributed by atoms with Gasteiger partial charge in [-0.1, -0.05) is 13.8 Å². The minimum absolute atomic E-state index is 0. The molecule has 150 valence electrons. The molecule has 0 aromatic heterocycles. The van der Waals surface area contributed by atoms with E-state index in [1.54, 1.807) is 0 Å². The predicted molar refractivity (Wildman–Crippen MR) is 115 cm³/mol. The summed E-state index contributed by atoms with van der Waals surface area (Å²) in [5.41, 5.74) is 0. The summed E-state index contributed by atoms with van der Waals surface area (Å²) in [5, 5.41) is 3.33. The number of hydrogen-bond acceptors (Lipinski definition) is 5. The largest absolute Gasteiger partial charge is 0.378 e. The Bertz CT molecular complexity index is 478. The van der Waals surface area contributed by atoms with Crippen molar-refractivity contribution in [1.82, 2.24) is 15.1 Å². The van der Waals surface area contributed by atoms with Gasteiger partial charge in [0, 0.05) is 45.5 Å². The van der Waals surface area contributed by atoms with E-state index in [1.165, 1.54) is 6.26 Å². The van der Waals surface area contributed by atoms with E-state index in [0.29, 0.717) is 19.1 Å². The molecule has 0 aliphatic carbocycles. The van der Waals surface area contributed by atoms with Crippen LogP contribution in [0.25, 0.3) is 0 Å². The van der Waals surface area contributed by atoms with Gasteiger partial charge in [-0.15, -0.1) is 24.0 Å². The Morgan fingerprint density at radius 2 is 1.84 bits per heavy atom. The zero-order valence-corrected chi connectivity index (χ0v) is 19.2. The molecule has 0 aromatic rings. The van der Waals surface area contributed by atoms with Gasteiger partial charge in [0.15, 0.2) is 5.96 Å². The highest BCUT2D eigenvalue weighted by Crippen LogP contribution is 2.05. The second-order valence-electron chi connectivity index (χ2n) is 6.66. The number of ether oxygens (including phenoxy) is 1. The summed E-state index contributed by atoms with van der Waals surface area (Å²) in [6.07, 6.45) is 1.22. The van der Waals surface area contributed by atoms with Gasteiger partial charge >= 0.3 is 0 Å². The summed E-state index contributed by atoms with van der Waals surface area (Å²) in [6.45, 7) is 13.9. The van der Waals surface area contributed by atoms with Gasteiger partial charge in [0.1, 0.15) is 9.84 Å². The van der Waals surface area contributed by atoms with E-state index in [-0.39, 0.29) is 36.3 Å². The average Bonchev–Trinajstić information content (AvgIpc) is 2.49. The molecule has 0 bridgehead atoms. The molecule has 1 heterocycles. The first-order chi connectivity index (χ1) is 11.3. The van der Waals surface area contributed by atoms with E-state index >= 15 is 0 Å². The maximum atomic E-state index is 11.0. The Labute approximate surface area is 170 Å². The zero-order chi connectivity index (χ0) is 18.0. The lowest BCUT2D eigenvalue weighted by atomic mass is 10.2. The van der Waals surface area contributed by atoms with Crippen molar-refractivity contribution in [3.8, 4) is 0 Å². The summed E-state index contributed by atoms with van der Waals surface area (Å²) < 4.78 is 27.4. The van der Waals surface area contributed by atoms with Gasteiger partial charge in [-0.3, -0.25) is 9.89 Å². The quantitative estimate of drug-likeness (QED) is 0.224. The van der Waals surface area contributed by atoms with Crippen LogP contribution in [0.4, 0.5) is 0 Å². The van der Waals surface area contributed by atoms with Crippen LogP contribution < -0.4 is 5.32 Å². The van der Waals surface area contributed by atoms with Crippen LogP contribution in [0.1, 0.15) is 20.8 Å². The predicted octanol–water partition coefficient (Wildman–Crippen LogP) is 0.905. The second kappa shape index (κ2) is 13.1. The Morgan fingerprint density at radius 3 is 2.36 bits per heavy atom. The number of nitrogens with zero attached hydrogens (tertiary/aromatic N) is 3. The van der Waals surface area contributed by atoms with Gasteiger partial charge in [0.05, 0.1) is 25.5 Å². The van der Waals surface area contributed by atoms with Crippen molar-refractivity contribution in [3.05, 3.63) is 0 Å². The number of halogens is 1. The van der Waals surface area contributed by atoms with Gasteiger partial charge in [-0.05, 0) is 12.8 Å². The van der Waals surface area contributed by atoms with Crippen molar-refractivity contribution in [1.29, 1.82) is 0 Å². The SMILES string of the molecule is CCNC(=NCCOCCS(C)(=O)=O)N1CCN(CC(C)C)CC1.I. The number of guanidine groups is 1. The van der Waals surface area contributed by atoms with Gasteiger partial charge in [0.2, 0.25) is 0 Å². The molecule has 1 saturated heterocycles. The lowest BCUT2D eigenvalue weighted by Gasteiger charge is -2.37. The molecule has 0 saturated carbocycles. The summed E-state index contributed by atoms with van der Waals surface area (Å²) >= 11 is 0. The van der Waals surface area contributed by atoms with Gasteiger partial charge in [-0.2, -0.15) is 0 Å². The fourth-order valence-electron chi connectivity index (χ4n) is 2.61. The number of nitrogens with one attached hydrogen (secondary N) is 1. The minimum Gasteiger partial charge on any atom is -0.378 e. The van der Waals surface area contributed by atoms with E-state index in [2.05, 4.69) is 40.9 Å². The summed E-state index contributed by atoms with van der Waals surface area (Å²) in [5.74, 6) is 1.69. The average molecular weight is 490 g/mol. The Kier molecular flexibility index (Phi) is 13.0. The summed E-state index contributed by atoms with van der Waals surface area (Å²) in [7, 11) is -2.95. The number of piperazine rings is 1. The van der Waals surface area contributed by atoms with Crippen molar-refractivity contribution in [2.24, 2.45) is 10.9 Å². The lowest BCUT2D eigenvalue weighted by molar-refractivity contribution is 0.154. The zero-order valence-electron chi connectivity index (χ0n) is 16.0. The number of sulfone groups is 1. The molecule has 0 radical (unpaired) electrons. The third-order valence-electron chi connectivity index (χ3n) is 3.73. The van der Waals surface area contributed by atoms with Gasteiger partial charge < -0.3 is 15.0 Å². The molecule has 1 N–H and O–H groups in total. The second-order valence-corrected chi connectivity index (χ2v) is 8.92. The van der Waals surface area contributed by atoms with Crippen LogP contribution in [0.15, 0.2) is 4.99 Å². The normalized spacial score (nSPS) is 16.8. The molecule has 7 nitrogen and oxygen atoms in total. The molecule has 1 fully saturated rings. The monoisotopic (exact) mass is 490 g/mol. The molecule has 1 aliphatic heterocycles. The van der Waals surface area contributed by atoms with Crippen LogP contribution in [0.5, 0.6) is 0 Å². The van der Waals surface area contributed by atoms with E-state index in [0.717, 1.165) is 45.2 Å². The van der Waals surface area contributed by atoms with E-state index in [1.807, 2.05) is 0 Å². The molecular weight excluding hydrogens is 455 g/mol. The van der Waals surface area contributed by atoms with Crippen LogP contribution in [0, 0.1) is 5.92 Å². The Morgan fingerprint density at radius 1 is 1.20 bits per heavy atom. The standard InChI is InChI=1S/C16H34N4O3S.HI/c1-5-17-16(18-6-11-23-12-13-24(4,21)22)20-9-7-19(8-10-20)14-15(2)3;/h15H,5-14H2,1-4H3,(H,17,18);1H. The van der Waals surface area contributed by atoms with Crippen molar-refractivity contribution in [2.75, 3.05) is 71.0 Å². The molecule has 25 heavy (non-hydrogen) atoms. The fraction of sp³-hybridized carbons (Fsp3) is 0.938. The molecule has 1 rings (SSSR count). The van der Waals surface area contributed by atoms with Crippen LogP contribution in [-0.2, 0) is 14.6 Å². The molecule has 0 amide bonds. The van der Waals surface area contributed by atoms with Crippen molar-refractivity contribution < 1.29 is 13.2 Å². The smallest absolute Gasteiger partial charge is 0.194 e. The molecule has 9 heteroatoms. The van der Waals surface area contributed by atoms with Gasteiger partial charge in [0.25, 0.3) is 0 Å². The summed E-state index contributed by atoms with van der Waals surface area (Å²) in [6, 6.07) is 0. The molecule has 0 atom stereocenters. The maximum absolute atomic E-state index is 11.0. The maximum Gasteiger partial charge on any atom is 0.194 e. The molecular formula is C16H35IN4O3S. The van der Waals surface area contributed by atoms with E-state index < -0.39 is 9.84 Å². The van der Waals surface area contributed by atoms with Crippen molar-refractivity contribution in [2.45, 2.75) is 20.8 Å². The van der Waals surface area contributed by atoms with E-state index in [9.17, 15) is 8.42 Å². The first-order valence-electron chi connectivity index (χ1n) is 8.83. The lowest BCUT2D eigenvalue weighted by Crippen LogP contribution is -2.53. The fourth-order valence-corrected chi connectivity index (χ4v) is 3.03. The Hall–Kier alpha value is -0.130. The number of rotatable bonds is 9. The summed E-state index contributed by atoms with van der Waals surface area (Å²) in [4.78, 5) is 9.38. The van der Waals surface area contributed by atoms with Crippen LogP contribution in [0.2, 0.25) is 0 Å². The minimum atomic E-state index is -2.95. The molecule has 0 aromatic carbocycles. The van der Waals surface area contributed by atoms with Crippen LogP contribution in [0.3, 0.4) is 0 Å². The van der Waals surface area contributed by atoms with Crippen LogP contribution in [-0.4, -0.2) is 95.2 Å². The third kappa shape index (κ3) is 12.0. The highest BCUT2D eigenvalue weighted by Gasteiger charge is 2.19. The number of aliphatic imine (C=N–C) groups is 1. The third-order valence-corrected chi connectivity index (χ3v) is 4.63. The highest BCUT2D eigenvalue weighted by atomic mass is 127. The number of hydrogen-bond donors (Lipinski definition) is 1. The highest BCUT2D eigenvalue weighted by molar-refractivity contribution is 14.0. The first-order valence-corrected chi connectivity index (χ1v) is 10.9. The molecule has 0 unspecified atom stereocenters. The first kappa shape index (κ1) is 24.9. The topological polar surface area (TPSA) is 74.2 Å². The van der Waals surface area contributed by atoms with Gasteiger partial charge in [-0.25, -0.2) is 8.42 Å². The van der Waals surface area contributed by atoms with Crippen LogP contribution >= 0.6 is 24.0 Å².